The summed E-state index contributed by atoms with van der Waals surface area (Å²) in [5, 5.41) is 16.9. The highest BCUT2D eigenvalue weighted by atomic mass is 79.9. The van der Waals surface area contributed by atoms with E-state index in [-0.39, 0.29) is 24.1 Å². The molecule has 0 aromatic carbocycles. The van der Waals surface area contributed by atoms with Gasteiger partial charge in [-0.3, -0.25) is 4.79 Å². The lowest BCUT2D eigenvalue weighted by Crippen LogP contribution is -2.35. The fourth-order valence-electron chi connectivity index (χ4n) is 2.61. The van der Waals surface area contributed by atoms with E-state index in [0.29, 0.717) is 11.0 Å². The van der Waals surface area contributed by atoms with Crippen molar-refractivity contribution >= 4 is 21.6 Å². The van der Waals surface area contributed by atoms with Crippen LogP contribution in [0.2, 0.25) is 0 Å². The molecule has 0 spiro atoms. The van der Waals surface area contributed by atoms with Crippen molar-refractivity contribution < 1.29 is 5.11 Å². The van der Waals surface area contributed by atoms with E-state index in [1.807, 2.05) is 6.92 Å². The molecule has 2 unspecified atom stereocenters. The van der Waals surface area contributed by atoms with Gasteiger partial charge in [-0.25, -0.2) is 4.68 Å². The van der Waals surface area contributed by atoms with Crippen molar-refractivity contribution in [3.8, 4) is 0 Å². The van der Waals surface area contributed by atoms with E-state index >= 15 is 0 Å². The molecule has 19 heavy (non-hydrogen) atoms. The molecular weight excluding hydrogens is 310 g/mol. The molecule has 6 heteroatoms. The zero-order valence-electron chi connectivity index (χ0n) is 11.1. The van der Waals surface area contributed by atoms with Crippen LogP contribution in [0.5, 0.6) is 0 Å². The van der Waals surface area contributed by atoms with Gasteiger partial charge in [0.1, 0.15) is 4.47 Å². The van der Waals surface area contributed by atoms with Crippen molar-refractivity contribution in [3.63, 3.8) is 0 Å². The van der Waals surface area contributed by atoms with Gasteiger partial charge in [-0.05, 0) is 35.7 Å². The molecule has 1 saturated carbocycles. The number of aryl methyl sites for hydroxylation is 1. The van der Waals surface area contributed by atoms with Crippen LogP contribution in [-0.2, 0) is 6.54 Å². The Labute approximate surface area is 121 Å². The number of nitrogens with zero attached hydrogens (tertiary/aromatic N) is 2. The minimum atomic E-state index is -0.121. The van der Waals surface area contributed by atoms with Gasteiger partial charge < -0.3 is 10.4 Å². The fourth-order valence-corrected chi connectivity index (χ4v) is 3.03. The molecule has 5 nitrogen and oxygen atoms in total. The average Bonchev–Trinajstić information content (AvgIpc) is 2.45. The molecule has 1 aliphatic rings. The van der Waals surface area contributed by atoms with Gasteiger partial charge in [-0.1, -0.05) is 12.8 Å². The van der Waals surface area contributed by atoms with E-state index in [2.05, 4.69) is 26.3 Å². The molecule has 2 N–H and O–H groups in total. The number of aliphatic hydroxyl groups excluding tert-OH is 1. The van der Waals surface area contributed by atoms with Crippen LogP contribution < -0.4 is 10.9 Å². The van der Waals surface area contributed by atoms with Crippen molar-refractivity contribution in [1.82, 2.24) is 9.78 Å². The first-order chi connectivity index (χ1) is 9.17. The molecule has 1 aliphatic carbocycles. The maximum Gasteiger partial charge on any atom is 0.283 e. The Morgan fingerprint density at radius 1 is 1.53 bits per heavy atom. The molecular formula is C13H20BrN3O2. The van der Waals surface area contributed by atoms with E-state index in [9.17, 15) is 9.90 Å². The summed E-state index contributed by atoms with van der Waals surface area (Å²) in [6, 6.07) is 0.216. The third kappa shape index (κ3) is 3.17. The third-order valence-corrected chi connectivity index (χ3v) is 4.54. The number of anilines is 1. The Morgan fingerprint density at radius 2 is 2.26 bits per heavy atom. The lowest BCUT2D eigenvalue weighted by atomic mass is 9.85. The molecule has 2 atom stereocenters. The Kier molecular flexibility index (Phi) is 4.99. The van der Waals surface area contributed by atoms with Crippen LogP contribution in [0, 0.1) is 5.92 Å². The van der Waals surface area contributed by atoms with Crippen LogP contribution in [0.1, 0.15) is 32.6 Å². The maximum atomic E-state index is 12.0. The first-order valence-electron chi connectivity index (χ1n) is 6.80. The van der Waals surface area contributed by atoms with Crippen molar-refractivity contribution in [2.45, 2.75) is 45.2 Å². The molecule has 1 fully saturated rings. The Bertz CT molecular complexity index is 489. The molecule has 1 heterocycles. The van der Waals surface area contributed by atoms with Gasteiger partial charge in [0.15, 0.2) is 0 Å². The van der Waals surface area contributed by atoms with Crippen LogP contribution >= 0.6 is 15.9 Å². The normalized spacial score (nSPS) is 23.3. The summed E-state index contributed by atoms with van der Waals surface area (Å²) in [5.74, 6) is 0.259. The fraction of sp³-hybridized carbons (Fsp3) is 0.692. The van der Waals surface area contributed by atoms with Crippen LogP contribution in [-0.4, -0.2) is 27.5 Å². The highest BCUT2D eigenvalue weighted by Crippen LogP contribution is 2.28. The second-order valence-corrected chi connectivity index (χ2v) is 5.76. The van der Waals surface area contributed by atoms with Crippen LogP contribution in [0.3, 0.4) is 0 Å². The summed E-state index contributed by atoms with van der Waals surface area (Å²) >= 11 is 3.34. The maximum absolute atomic E-state index is 12.0. The lowest BCUT2D eigenvalue weighted by Gasteiger charge is -2.31. The average molecular weight is 330 g/mol. The lowest BCUT2D eigenvalue weighted by molar-refractivity contribution is 0.178. The Balaban J connectivity index is 2.19. The molecule has 1 aromatic rings. The van der Waals surface area contributed by atoms with Gasteiger partial charge in [-0.2, -0.15) is 5.10 Å². The summed E-state index contributed by atoms with van der Waals surface area (Å²) in [5.41, 5.74) is 0.601. The molecule has 1 aromatic heterocycles. The van der Waals surface area contributed by atoms with E-state index in [1.165, 1.54) is 11.1 Å². The van der Waals surface area contributed by atoms with E-state index in [0.717, 1.165) is 24.9 Å². The van der Waals surface area contributed by atoms with E-state index in [1.54, 1.807) is 6.20 Å². The number of nitrogens with one attached hydrogen (secondary N) is 1. The number of hydrogen-bond acceptors (Lipinski definition) is 4. The predicted octanol–water partition coefficient (Wildman–Crippen LogP) is 1.99. The highest BCUT2D eigenvalue weighted by molar-refractivity contribution is 9.10. The van der Waals surface area contributed by atoms with Crippen molar-refractivity contribution in [2.75, 3.05) is 11.9 Å². The molecule has 0 amide bonds. The van der Waals surface area contributed by atoms with Crippen molar-refractivity contribution in [2.24, 2.45) is 5.92 Å². The van der Waals surface area contributed by atoms with Crippen LogP contribution in [0.25, 0.3) is 0 Å². The number of aromatic nitrogens is 2. The van der Waals surface area contributed by atoms with Gasteiger partial charge in [0.2, 0.25) is 0 Å². The van der Waals surface area contributed by atoms with Gasteiger partial charge in [0.05, 0.1) is 11.9 Å². The number of hydrogen-bond donors (Lipinski definition) is 2. The molecule has 0 bridgehead atoms. The van der Waals surface area contributed by atoms with Gasteiger partial charge in [-0.15, -0.1) is 0 Å². The zero-order chi connectivity index (χ0) is 13.8. The number of aliphatic hydroxyl groups is 1. The van der Waals surface area contributed by atoms with Crippen molar-refractivity contribution in [3.05, 3.63) is 21.0 Å². The minimum absolute atomic E-state index is 0.121. The molecule has 106 valence electrons. The van der Waals surface area contributed by atoms with E-state index in [4.69, 9.17) is 0 Å². The summed E-state index contributed by atoms with van der Waals surface area (Å²) in [6.07, 6.45) is 6.06. The summed E-state index contributed by atoms with van der Waals surface area (Å²) in [7, 11) is 0. The quantitative estimate of drug-likeness (QED) is 0.886. The van der Waals surface area contributed by atoms with Crippen LogP contribution in [0.15, 0.2) is 15.5 Å². The van der Waals surface area contributed by atoms with Gasteiger partial charge in [0, 0.05) is 25.1 Å². The Hall–Kier alpha value is -0.880. The number of rotatable bonds is 4. The predicted molar refractivity (Wildman–Crippen MR) is 78.3 cm³/mol. The van der Waals surface area contributed by atoms with E-state index < -0.39 is 0 Å². The largest absolute Gasteiger partial charge is 0.396 e. The topological polar surface area (TPSA) is 67.2 Å². The standard InChI is InChI=1S/C13H20BrN3O2/c1-2-17-13(19)12(14)11(7-15-17)16-10-6-4-3-5-9(10)8-18/h7,9-10,16,18H,2-6,8H2,1H3. The first-order valence-corrected chi connectivity index (χ1v) is 7.59. The van der Waals surface area contributed by atoms with Crippen molar-refractivity contribution in [1.29, 1.82) is 0 Å². The van der Waals surface area contributed by atoms with Gasteiger partial charge in [0.25, 0.3) is 5.56 Å². The van der Waals surface area contributed by atoms with Gasteiger partial charge >= 0.3 is 0 Å². The zero-order valence-corrected chi connectivity index (χ0v) is 12.7. The summed E-state index contributed by atoms with van der Waals surface area (Å²) in [4.78, 5) is 12.0. The molecule has 0 saturated heterocycles. The second-order valence-electron chi connectivity index (χ2n) is 4.97. The summed E-state index contributed by atoms with van der Waals surface area (Å²) < 4.78 is 1.94. The Morgan fingerprint density at radius 3 is 2.95 bits per heavy atom. The highest BCUT2D eigenvalue weighted by Gasteiger charge is 2.25. The molecule has 2 rings (SSSR count). The van der Waals surface area contributed by atoms with Crippen LogP contribution in [0.4, 0.5) is 5.69 Å². The SMILES string of the molecule is CCn1ncc(NC2CCCCC2CO)c(Br)c1=O. The smallest absolute Gasteiger partial charge is 0.283 e. The first kappa shape index (κ1) is 14.5. The number of halogens is 1. The monoisotopic (exact) mass is 329 g/mol. The molecule has 0 radical (unpaired) electrons. The third-order valence-electron chi connectivity index (χ3n) is 3.77. The second kappa shape index (κ2) is 6.52. The summed E-state index contributed by atoms with van der Waals surface area (Å²) in [6.45, 7) is 2.63. The molecule has 0 aliphatic heterocycles. The minimum Gasteiger partial charge on any atom is -0.396 e.